The van der Waals surface area contributed by atoms with E-state index in [0.717, 1.165) is 69.7 Å². The van der Waals surface area contributed by atoms with Crippen LogP contribution in [0.3, 0.4) is 0 Å². The van der Waals surface area contributed by atoms with E-state index < -0.39 is 6.04 Å². The smallest absolute Gasteiger partial charge is 0.242 e. The number of morpholine rings is 1. The zero-order chi connectivity index (χ0) is 21.3. The van der Waals surface area contributed by atoms with Gasteiger partial charge in [-0.3, -0.25) is 14.5 Å². The van der Waals surface area contributed by atoms with Gasteiger partial charge < -0.3 is 15.4 Å². The Morgan fingerprint density at radius 2 is 1.57 bits per heavy atom. The molecule has 4 bridgehead atoms. The minimum Gasteiger partial charge on any atom is -0.379 e. The van der Waals surface area contributed by atoms with Crippen LogP contribution in [0.15, 0.2) is 0 Å². The molecule has 5 rings (SSSR count). The van der Waals surface area contributed by atoms with Crippen molar-refractivity contribution in [3.63, 3.8) is 0 Å². The second-order valence-electron chi connectivity index (χ2n) is 11.1. The zero-order valence-corrected chi connectivity index (χ0v) is 19.1. The first-order valence-corrected chi connectivity index (χ1v) is 12.2. The zero-order valence-electron chi connectivity index (χ0n) is 19.1. The molecule has 4 saturated carbocycles. The number of carbonyl (C=O) groups is 2. The molecule has 0 spiro atoms. The van der Waals surface area contributed by atoms with Gasteiger partial charge in [0.2, 0.25) is 11.8 Å². The van der Waals surface area contributed by atoms with Crippen LogP contribution < -0.4 is 10.6 Å². The predicted molar refractivity (Wildman–Crippen MR) is 117 cm³/mol. The molecule has 30 heavy (non-hydrogen) atoms. The molecule has 0 aromatic carbocycles. The number of nitrogens with one attached hydrogen (secondary N) is 2. The number of nitrogens with zero attached hydrogens (tertiary/aromatic N) is 1. The van der Waals surface area contributed by atoms with Gasteiger partial charge >= 0.3 is 0 Å². The van der Waals surface area contributed by atoms with Gasteiger partial charge in [-0.15, -0.1) is 0 Å². The Balaban J connectivity index is 1.29. The third-order valence-electron chi connectivity index (χ3n) is 8.08. The molecule has 1 aliphatic heterocycles. The average Bonchev–Trinajstić information content (AvgIpc) is 2.70. The summed E-state index contributed by atoms with van der Waals surface area (Å²) in [4.78, 5) is 28.5. The Morgan fingerprint density at radius 1 is 1.00 bits per heavy atom. The Hall–Kier alpha value is -1.14. The lowest BCUT2D eigenvalue weighted by Gasteiger charge is -2.55. The van der Waals surface area contributed by atoms with E-state index in [1.165, 1.54) is 19.3 Å². The molecular formula is C24H41N3O3. The van der Waals surface area contributed by atoms with E-state index in [1.54, 1.807) is 0 Å². The van der Waals surface area contributed by atoms with Crippen molar-refractivity contribution in [2.45, 2.75) is 77.8 Å². The van der Waals surface area contributed by atoms with E-state index in [9.17, 15) is 9.59 Å². The number of carbonyl (C=O) groups excluding carboxylic acids is 2. The lowest BCUT2D eigenvalue weighted by Crippen LogP contribution is -2.57. The van der Waals surface area contributed by atoms with E-state index in [-0.39, 0.29) is 17.2 Å². The second-order valence-corrected chi connectivity index (χ2v) is 11.1. The molecule has 5 fully saturated rings. The highest BCUT2D eigenvalue weighted by molar-refractivity contribution is 5.90. The van der Waals surface area contributed by atoms with Crippen LogP contribution in [0.4, 0.5) is 0 Å². The summed E-state index contributed by atoms with van der Waals surface area (Å²) in [5.74, 6) is 2.85. The molecule has 2 N–H and O–H groups in total. The lowest BCUT2D eigenvalue weighted by atomic mass is 9.49. The van der Waals surface area contributed by atoms with Gasteiger partial charge in [0.15, 0.2) is 0 Å². The van der Waals surface area contributed by atoms with Gasteiger partial charge in [-0.25, -0.2) is 0 Å². The van der Waals surface area contributed by atoms with E-state index in [4.69, 9.17) is 4.74 Å². The number of amides is 2. The SMILES string of the molecule is CC(C)C[C@@H](CNC(=O)[C@@H](C)NC(=O)C12CC3CC(CC(C3)C1)C2)N1CCOCC1. The third-order valence-corrected chi connectivity index (χ3v) is 8.08. The molecule has 2 amide bonds. The summed E-state index contributed by atoms with van der Waals surface area (Å²) in [6, 6.07) is -0.154. The highest BCUT2D eigenvalue weighted by atomic mass is 16.5. The van der Waals surface area contributed by atoms with E-state index in [0.29, 0.717) is 18.5 Å². The molecule has 0 aromatic heterocycles. The third kappa shape index (κ3) is 4.85. The fraction of sp³-hybridized carbons (Fsp3) is 0.917. The first-order valence-electron chi connectivity index (χ1n) is 12.2. The summed E-state index contributed by atoms with van der Waals surface area (Å²) in [5, 5.41) is 6.22. The van der Waals surface area contributed by atoms with E-state index in [1.807, 2.05) is 6.92 Å². The first kappa shape index (κ1) is 22.1. The number of hydrogen-bond donors (Lipinski definition) is 2. The molecule has 1 saturated heterocycles. The molecule has 0 radical (unpaired) electrons. The van der Waals surface area contributed by atoms with Gasteiger partial charge in [0.25, 0.3) is 0 Å². The maximum atomic E-state index is 13.2. The molecule has 4 aliphatic carbocycles. The summed E-state index contributed by atoms with van der Waals surface area (Å²) in [6.45, 7) is 10.3. The van der Waals surface area contributed by atoms with Crippen molar-refractivity contribution in [3.8, 4) is 0 Å². The van der Waals surface area contributed by atoms with Gasteiger partial charge in [0, 0.05) is 31.1 Å². The fourth-order valence-corrected chi connectivity index (χ4v) is 7.02. The summed E-state index contributed by atoms with van der Waals surface area (Å²) in [6.07, 6.45) is 8.12. The van der Waals surface area contributed by atoms with Crippen LogP contribution in [0, 0.1) is 29.1 Å². The van der Waals surface area contributed by atoms with Crippen LogP contribution >= 0.6 is 0 Å². The highest BCUT2D eigenvalue weighted by Crippen LogP contribution is 2.60. The van der Waals surface area contributed by atoms with Crippen LogP contribution in [-0.4, -0.2) is 61.6 Å². The molecule has 2 atom stereocenters. The highest BCUT2D eigenvalue weighted by Gasteiger charge is 2.54. The first-order chi connectivity index (χ1) is 14.3. The molecule has 5 aliphatic rings. The van der Waals surface area contributed by atoms with E-state index in [2.05, 4.69) is 29.4 Å². The van der Waals surface area contributed by atoms with Crippen molar-refractivity contribution in [2.75, 3.05) is 32.8 Å². The topological polar surface area (TPSA) is 70.7 Å². The number of hydrogen-bond acceptors (Lipinski definition) is 4. The van der Waals surface area contributed by atoms with Crippen molar-refractivity contribution >= 4 is 11.8 Å². The second kappa shape index (κ2) is 9.15. The minimum atomic E-state index is -0.477. The average molecular weight is 420 g/mol. The van der Waals surface area contributed by atoms with Crippen molar-refractivity contribution in [2.24, 2.45) is 29.1 Å². The number of ether oxygens (including phenoxy) is 1. The Labute approximate surface area is 181 Å². The van der Waals surface area contributed by atoms with Crippen molar-refractivity contribution in [1.29, 1.82) is 0 Å². The van der Waals surface area contributed by atoms with Crippen LogP contribution in [0.5, 0.6) is 0 Å². The molecule has 6 nitrogen and oxygen atoms in total. The maximum Gasteiger partial charge on any atom is 0.242 e. The van der Waals surface area contributed by atoms with Crippen LogP contribution in [0.2, 0.25) is 0 Å². The van der Waals surface area contributed by atoms with Crippen LogP contribution in [0.25, 0.3) is 0 Å². The van der Waals surface area contributed by atoms with Gasteiger partial charge in [-0.1, -0.05) is 13.8 Å². The number of rotatable bonds is 8. The molecular weight excluding hydrogens is 378 g/mol. The maximum absolute atomic E-state index is 13.2. The molecule has 6 heteroatoms. The summed E-state index contributed by atoms with van der Waals surface area (Å²) in [7, 11) is 0. The lowest BCUT2D eigenvalue weighted by molar-refractivity contribution is -0.148. The fourth-order valence-electron chi connectivity index (χ4n) is 7.02. The van der Waals surface area contributed by atoms with E-state index >= 15 is 0 Å². The minimum absolute atomic E-state index is 0.0601. The summed E-state index contributed by atoms with van der Waals surface area (Å²) in [5.41, 5.74) is -0.197. The predicted octanol–water partition coefficient (Wildman–Crippen LogP) is 2.57. The quantitative estimate of drug-likeness (QED) is 0.634. The van der Waals surface area contributed by atoms with Crippen molar-refractivity contribution in [3.05, 3.63) is 0 Å². The molecule has 170 valence electrons. The van der Waals surface area contributed by atoms with Gasteiger partial charge in [0.1, 0.15) is 6.04 Å². The van der Waals surface area contributed by atoms with Gasteiger partial charge in [0.05, 0.1) is 13.2 Å². The van der Waals surface area contributed by atoms with Gasteiger partial charge in [-0.2, -0.15) is 0 Å². The van der Waals surface area contributed by atoms with Crippen molar-refractivity contribution < 1.29 is 14.3 Å². The summed E-state index contributed by atoms with van der Waals surface area (Å²) >= 11 is 0. The molecule has 1 heterocycles. The molecule has 0 unspecified atom stereocenters. The Bertz CT molecular complexity index is 594. The molecule has 0 aromatic rings. The Kier molecular flexibility index (Phi) is 6.73. The van der Waals surface area contributed by atoms with Crippen LogP contribution in [0.1, 0.15) is 65.7 Å². The normalized spacial score (nSPS) is 35.3. The summed E-state index contributed by atoms with van der Waals surface area (Å²) < 4.78 is 5.49. The Morgan fingerprint density at radius 3 is 2.10 bits per heavy atom. The standard InChI is InChI=1S/C24H41N3O3/c1-16(2)8-21(27-4-6-30-7-5-27)15-25-22(28)17(3)26-23(29)24-12-18-9-19(13-24)11-20(10-18)14-24/h16-21H,4-15H2,1-3H3,(H,25,28)(H,26,29)/t17-,18?,19?,20?,21+,24?/m1/s1. The van der Waals surface area contributed by atoms with Crippen LogP contribution in [-0.2, 0) is 14.3 Å². The van der Waals surface area contributed by atoms with Gasteiger partial charge in [-0.05, 0) is 75.5 Å². The van der Waals surface area contributed by atoms with Crippen molar-refractivity contribution in [1.82, 2.24) is 15.5 Å². The largest absolute Gasteiger partial charge is 0.379 e. The monoisotopic (exact) mass is 419 g/mol.